The summed E-state index contributed by atoms with van der Waals surface area (Å²) in [4.78, 5) is 0. The molecule has 2 rings (SSSR count). The van der Waals surface area contributed by atoms with E-state index in [1.54, 1.807) is 12.1 Å². The van der Waals surface area contributed by atoms with Crippen LogP contribution in [0.25, 0.3) is 0 Å². The summed E-state index contributed by atoms with van der Waals surface area (Å²) in [6.07, 6.45) is 5.53. The Bertz CT molecular complexity index is 393. The van der Waals surface area contributed by atoms with E-state index < -0.39 is 6.10 Å². The number of halogens is 2. The lowest BCUT2D eigenvalue weighted by atomic mass is 9.77. The van der Waals surface area contributed by atoms with Crippen molar-refractivity contribution in [1.82, 2.24) is 0 Å². The lowest BCUT2D eigenvalue weighted by Crippen LogP contribution is -2.27. The summed E-state index contributed by atoms with van der Waals surface area (Å²) in [5.74, 6) is 0.785. The van der Waals surface area contributed by atoms with E-state index in [-0.39, 0.29) is 5.82 Å². The molecule has 0 spiro atoms. The van der Waals surface area contributed by atoms with Gasteiger partial charge in [0, 0.05) is 17.0 Å². The third-order valence-electron chi connectivity index (χ3n) is 4.49. The summed E-state index contributed by atoms with van der Waals surface area (Å²) >= 11 is 6.01. The van der Waals surface area contributed by atoms with E-state index in [4.69, 9.17) is 11.6 Å². The molecule has 1 saturated carbocycles. The first-order valence-corrected chi connectivity index (χ1v) is 7.60. The summed E-state index contributed by atoms with van der Waals surface area (Å²) < 4.78 is 13.7. The van der Waals surface area contributed by atoms with E-state index in [1.165, 1.54) is 25.3 Å². The number of hydrogen-bond donors (Lipinski definition) is 1. The van der Waals surface area contributed by atoms with E-state index >= 15 is 0 Å². The van der Waals surface area contributed by atoms with E-state index in [2.05, 4.69) is 6.92 Å². The first kappa shape index (κ1) is 14.8. The highest BCUT2D eigenvalue weighted by molar-refractivity contribution is 6.31. The van der Waals surface area contributed by atoms with Gasteiger partial charge in [0.25, 0.3) is 0 Å². The average Bonchev–Trinajstić information content (AvgIpc) is 2.43. The van der Waals surface area contributed by atoms with Gasteiger partial charge in [-0.25, -0.2) is 4.39 Å². The zero-order valence-electron chi connectivity index (χ0n) is 11.4. The smallest absolute Gasteiger partial charge is 0.127 e. The minimum Gasteiger partial charge on any atom is -0.392 e. The fourth-order valence-electron chi connectivity index (χ4n) is 3.08. The lowest BCUT2D eigenvalue weighted by Gasteiger charge is -2.31. The Morgan fingerprint density at radius 1 is 1.32 bits per heavy atom. The maximum atomic E-state index is 13.7. The largest absolute Gasteiger partial charge is 0.392 e. The van der Waals surface area contributed by atoms with Crippen LogP contribution in [0.4, 0.5) is 4.39 Å². The van der Waals surface area contributed by atoms with Crippen LogP contribution in [0.2, 0.25) is 5.02 Å². The molecule has 19 heavy (non-hydrogen) atoms. The highest BCUT2D eigenvalue weighted by Gasteiger charge is 2.26. The zero-order chi connectivity index (χ0) is 13.8. The quantitative estimate of drug-likeness (QED) is 0.857. The van der Waals surface area contributed by atoms with Crippen LogP contribution in [-0.2, 0) is 6.42 Å². The zero-order valence-corrected chi connectivity index (χ0v) is 12.2. The summed E-state index contributed by atoms with van der Waals surface area (Å²) in [6.45, 7) is 2.22. The van der Waals surface area contributed by atoms with Gasteiger partial charge in [0.15, 0.2) is 0 Å². The van der Waals surface area contributed by atoms with Crippen LogP contribution in [0.15, 0.2) is 18.2 Å². The van der Waals surface area contributed by atoms with Crippen molar-refractivity contribution in [3.8, 4) is 0 Å². The average molecular weight is 285 g/mol. The first-order chi connectivity index (χ1) is 9.11. The van der Waals surface area contributed by atoms with Gasteiger partial charge in [-0.05, 0) is 36.8 Å². The normalized spacial score (nSPS) is 25.3. The monoisotopic (exact) mass is 284 g/mol. The third kappa shape index (κ3) is 3.70. The van der Waals surface area contributed by atoms with Gasteiger partial charge in [-0.15, -0.1) is 0 Å². The van der Waals surface area contributed by atoms with Crippen molar-refractivity contribution in [2.24, 2.45) is 11.8 Å². The number of benzene rings is 1. The first-order valence-electron chi connectivity index (χ1n) is 7.22. The van der Waals surface area contributed by atoms with Crippen LogP contribution in [0.1, 0.15) is 44.6 Å². The van der Waals surface area contributed by atoms with Crippen molar-refractivity contribution in [3.05, 3.63) is 34.6 Å². The molecule has 0 bridgehead atoms. The van der Waals surface area contributed by atoms with Gasteiger partial charge in [0.2, 0.25) is 0 Å². The van der Waals surface area contributed by atoms with E-state index in [9.17, 15) is 9.50 Å². The molecule has 1 N–H and O–H groups in total. The van der Waals surface area contributed by atoms with Gasteiger partial charge in [-0.3, -0.25) is 0 Å². The van der Waals surface area contributed by atoms with Crippen LogP contribution >= 0.6 is 11.6 Å². The molecule has 0 heterocycles. The molecule has 0 amide bonds. The standard InChI is InChI=1S/C16H22ClFO/c1-2-11-6-8-12(9-7-11)16(19)10-13-14(17)4-3-5-15(13)18/h3-5,11-12,16,19H,2,6-10H2,1H3. The van der Waals surface area contributed by atoms with Crippen LogP contribution in [0.5, 0.6) is 0 Å². The molecular weight excluding hydrogens is 263 g/mol. The van der Waals surface area contributed by atoms with Gasteiger partial charge in [0.1, 0.15) is 5.82 Å². The summed E-state index contributed by atoms with van der Waals surface area (Å²) in [5, 5.41) is 10.7. The Hall–Kier alpha value is -0.600. The van der Waals surface area contributed by atoms with Gasteiger partial charge >= 0.3 is 0 Å². The maximum absolute atomic E-state index is 13.7. The molecule has 3 heteroatoms. The van der Waals surface area contributed by atoms with Crippen LogP contribution in [-0.4, -0.2) is 11.2 Å². The number of hydrogen-bond acceptors (Lipinski definition) is 1. The molecule has 0 aromatic heterocycles. The Balaban J connectivity index is 1.96. The summed E-state index contributed by atoms with van der Waals surface area (Å²) in [5.41, 5.74) is 0.453. The number of aliphatic hydroxyl groups excluding tert-OH is 1. The Labute approximate surface area is 119 Å². The molecule has 1 aromatic carbocycles. The molecule has 0 aliphatic heterocycles. The predicted octanol–water partition coefficient (Wildman–Crippen LogP) is 4.60. The highest BCUT2D eigenvalue weighted by Crippen LogP contribution is 2.34. The summed E-state index contributed by atoms with van der Waals surface area (Å²) in [7, 11) is 0. The van der Waals surface area contributed by atoms with Crippen LogP contribution in [0, 0.1) is 17.7 Å². The van der Waals surface area contributed by atoms with Crippen LogP contribution < -0.4 is 0 Å². The van der Waals surface area contributed by atoms with Gasteiger partial charge < -0.3 is 5.11 Å². The van der Waals surface area contributed by atoms with E-state index in [0.717, 1.165) is 18.8 Å². The van der Waals surface area contributed by atoms with Crippen molar-refractivity contribution < 1.29 is 9.50 Å². The topological polar surface area (TPSA) is 20.2 Å². The number of aliphatic hydroxyl groups is 1. The van der Waals surface area contributed by atoms with Crippen molar-refractivity contribution in [1.29, 1.82) is 0 Å². The fourth-order valence-corrected chi connectivity index (χ4v) is 3.32. The van der Waals surface area contributed by atoms with Crippen LogP contribution in [0.3, 0.4) is 0 Å². The molecule has 0 radical (unpaired) electrons. The second kappa shape index (κ2) is 6.71. The summed E-state index contributed by atoms with van der Waals surface area (Å²) in [6, 6.07) is 4.68. The predicted molar refractivity (Wildman–Crippen MR) is 76.9 cm³/mol. The van der Waals surface area contributed by atoms with Crippen molar-refractivity contribution in [2.45, 2.75) is 51.6 Å². The van der Waals surface area contributed by atoms with Crippen molar-refractivity contribution >= 4 is 11.6 Å². The molecule has 1 fully saturated rings. The molecule has 1 unspecified atom stereocenters. The lowest BCUT2D eigenvalue weighted by molar-refractivity contribution is 0.0728. The molecule has 0 saturated heterocycles. The third-order valence-corrected chi connectivity index (χ3v) is 4.84. The van der Waals surface area contributed by atoms with Gasteiger partial charge in [-0.1, -0.05) is 43.9 Å². The van der Waals surface area contributed by atoms with Crippen molar-refractivity contribution in [2.75, 3.05) is 0 Å². The second-order valence-corrected chi connectivity index (χ2v) is 6.07. The molecule has 1 nitrogen and oxygen atoms in total. The molecule has 1 aromatic rings. The molecule has 1 aliphatic rings. The molecule has 1 atom stereocenters. The molecular formula is C16H22ClFO. The van der Waals surface area contributed by atoms with Gasteiger partial charge in [-0.2, -0.15) is 0 Å². The van der Waals surface area contributed by atoms with Gasteiger partial charge in [0.05, 0.1) is 6.10 Å². The fraction of sp³-hybridized carbons (Fsp3) is 0.625. The Morgan fingerprint density at radius 2 is 2.00 bits per heavy atom. The molecule has 106 valence electrons. The van der Waals surface area contributed by atoms with Crippen molar-refractivity contribution in [3.63, 3.8) is 0 Å². The van der Waals surface area contributed by atoms with E-state index in [0.29, 0.717) is 22.9 Å². The van der Waals surface area contributed by atoms with E-state index in [1.807, 2.05) is 0 Å². The highest BCUT2D eigenvalue weighted by atomic mass is 35.5. The molecule has 1 aliphatic carbocycles. The SMILES string of the molecule is CCC1CCC(C(O)Cc2c(F)cccc2Cl)CC1. The number of rotatable bonds is 4. The Morgan fingerprint density at radius 3 is 2.58 bits per heavy atom. The minimum absolute atomic E-state index is 0.290. The second-order valence-electron chi connectivity index (χ2n) is 5.66. The Kier molecular flexibility index (Phi) is 5.23. The minimum atomic E-state index is -0.479. The maximum Gasteiger partial charge on any atom is 0.127 e.